The topological polar surface area (TPSA) is 58.6 Å². The number of carbonyl (C=O) groups excluding carboxylic acids is 2. The van der Waals surface area contributed by atoms with Crippen molar-refractivity contribution >= 4 is 17.7 Å². The smallest absolute Gasteiger partial charge is 0.414 e. The van der Waals surface area contributed by atoms with Crippen molar-refractivity contribution < 1.29 is 18.7 Å². The van der Waals surface area contributed by atoms with Gasteiger partial charge in [0.1, 0.15) is 11.9 Å². The van der Waals surface area contributed by atoms with E-state index in [1.54, 1.807) is 0 Å². The molecular weight excluding hydrogens is 263 g/mol. The lowest BCUT2D eigenvalue weighted by Gasteiger charge is -2.12. The summed E-state index contributed by atoms with van der Waals surface area (Å²) in [6, 6.07) is 5.65. The van der Waals surface area contributed by atoms with Crippen molar-refractivity contribution in [1.82, 2.24) is 5.32 Å². The van der Waals surface area contributed by atoms with Crippen LogP contribution in [0.1, 0.15) is 12.8 Å². The maximum atomic E-state index is 12.9. The van der Waals surface area contributed by atoms with Gasteiger partial charge >= 0.3 is 6.09 Å². The molecule has 0 radical (unpaired) electrons. The van der Waals surface area contributed by atoms with Crippen LogP contribution in [0.15, 0.2) is 24.3 Å². The molecule has 1 saturated heterocycles. The van der Waals surface area contributed by atoms with E-state index in [0.717, 1.165) is 12.8 Å². The Labute approximate surface area is 115 Å². The van der Waals surface area contributed by atoms with E-state index in [4.69, 9.17) is 4.74 Å². The van der Waals surface area contributed by atoms with Crippen molar-refractivity contribution in [3.05, 3.63) is 30.1 Å². The molecular formula is C14H15FN2O3. The number of benzene rings is 1. The Bertz CT molecular complexity index is 528. The highest BCUT2D eigenvalue weighted by atomic mass is 19.1. The molecule has 3 rings (SSSR count). The van der Waals surface area contributed by atoms with Crippen LogP contribution < -0.4 is 10.2 Å². The van der Waals surface area contributed by atoms with Gasteiger partial charge in [-0.15, -0.1) is 0 Å². The lowest BCUT2D eigenvalue weighted by Crippen LogP contribution is -2.35. The Morgan fingerprint density at radius 3 is 2.70 bits per heavy atom. The third-order valence-corrected chi connectivity index (χ3v) is 3.46. The minimum absolute atomic E-state index is 0.0290. The fourth-order valence-electron chi connectivity index (χ4n) is 2.16. The van der Waals surface area contributed by atoms with Gasteiger partial charge < -0.3 is 10.1 Å². The molecule has 1 aromatic carbocycles. The van der Waals surface area contributed by atoms with E-state index in [-0.39, 0.29) is 23.7 Å². The number of rotatable bonds is 4. The first-order valence-corrected chi connectivity index (χ1v) is 6.65. The summed E-state index contributed by atoms with van der Waals surface area (Å²) in [5.74, 6) is -0.184. The molecule has 1 aliphatic carbocycles. The zero-order valence-corrected chi connectivity index (χ0v) is 10.8. The Morgan fingerprint density at radius 2 is 2.05 bits per heavy atom. The third kappa shape index (κ3) is 2.74. The Balaban J connectivity index is 1.57. The van der Waals surface area contributed by atoms with Crippen molar-refractivity contribution in [3.63, 3.8) is 0 Å². The molecule has 0 aromatic heterocycles. The Kier molecular flexibility index (Phi) is 3.30. The SMILES string of the molecule is O=C(NCC1CN(c2ccc(F)cc2)C(=O)O1)C1CC1. The summed E-state index contributed by atoms with van der Waals surface area (Å²) in [7, 11) is 0. The van der Waals surface area contributed by atoms with Gasteiger partial charge in [-0.1, -0.05) is 0 Å². The lowest BCUT2D eigenvalue weighted by atomic mass is 10.2. The number of anilines is 1. The Hall–Kier alpha value is -2.11. The van der Waals surface area contributed by atoms with Crippen LogP contribution in [0.5, 0.6) is 0 Å². The molecule has 1 unspecified atom stereocenters. The zero-order chi connectivity index (χ0) is 14.1. The summed E-state index contributed by atoms with van der Waals surface area (Å²) < 4.78 is 18.0. The van der Waals surface area contributed by atoms with E-state index in [1.165, 1.54) is 29.2 Å². The fourth-order valence-corrected chi connectivity index (χ4v) is 2.16. The van der Waals surface area contributed by atoms with Crippen LogP contribution in [0.4, 0.5) is 14.9 Å². The molecule has 1 atom stereocenters. The molecule has 1 saturated carbocycles. The number of cyclic esters (lactones) is 1. The number of amides is 2. The molecule has 5 nitrogen and oxygen atoms in total. The highest BCUT2D eigenvalue weighted by molar-refractivity contribution is 5.89. The fraction of sp³-hybridized carbons (Fsp3) is 0.429. The van der Waals surface area contributed by atoms with Gasteiger partial charge in [0.2, 0.25) is 5.91 Å². The van der Waals surface area contributed by atoms with E-state index < -0.39 is 6.09 Å². The molecule has 0 bridgehead atoms. The first-order chi connectivity index (χ1) is 9.63. The van der Waals surface area contributed by atoms with Gasteiger partial charge in [0.25, 0.3) is 0 Å². The second kappa shape index (κ2) is 5.11. The van der Waals surface area contributed by atoms with Gasteiger partial charge in [-0.05, 0) is 37.1 Å². The number of nitrogens with one attached hydrogen (secondary N) is 1. The molecule has 1 N–H and O–H groups in total. The first kappa shape index (κ1) is 12.9. The van der Waals surface area contributed by atoms with Gasteiger partial charge in [-0.3, -0.25) is 9.69 Å². The standard InChI is InChI=1S/C14H15FN2O3/c15-10-3-5-11(6-4-10)17-8-12(20-14(17)19)7-16-13(18)9-1-2-9/h3-6,9,12H,1-2,7-8H2,(H,16,18). The molecule has 2 fully saturated rings. The number of ether oxygens (including phenoxy) is 1. The predicted molar refractivity (Wildman–Crippen MR) is 69.7 cm³/mol. The van der Waals surface area contributed by atoms with Crippen LogP contribution in [0.2, 0.25) is 0 Å². The van der Waals surface area contributed by atoms with Crippen molar-refractivity contribution in [1.29, 1.82) is 0 Å². The van der Waals surface area contributed by atoms with Crippen LogP contribution in [0, 0.1) is 11.7 Å². The molecule has 20 heavy (non-hydrogen) atoms. The van der Waals surface area contributed by atoms with Crippen molar-refractivity contribution in [3.8, 4) is 0 Å². The normalized spacial score (nSPS) is 21.8. The summed E-state index contributed by atoms with van der Waals surface area (Å²) in [6.45, 7) is 0.675. The summed E-state index contributed by atoms with van der Waals surface area (Å²) >= 11 is 0. The van der Waals surface area contributed by atoms with Crippen LogP contribution in [-0.4, -0.2) is 31.2 Å². The second-order valence-electron chi connectivity index (χ2n) is 5.11. The molecule has 106 valence electrons. The molecule has 1 aliphatic heterocycles. The molecule has 1 aromatic rings. The van der Waals surface area contributed by atoms with Gasteiger partial charge in [0.15, 0.2) is 0 Å². The maximum Gasteiger partial charge on any atom is 0.414 e. The van der Waals surface area contributed by atoms with Gasteiger partial charge in [-0.25, -0.2) is 9.18 Å². The summed E-state index contributed by atoms with van der Waals surface area (Å²) in [6.07, 6.45) is 1.05. The molecule has 1 heterocycles. The van der Waals surface area contributed by atoms with Gasteiger partial charge in [0, 0.05) is 11.6 Å². The van der Waals surface area contributed by atoms with Crippen molar-refractivity contribution in [2.45, 2.75) is 18.9 Å². The number of hydrogen-bond acceptors (Lipinski definition) is 3. The number of nitrogens with zero attached hydrogens (tertiary/aromatic N) is 1. The minimum atomic E-state index is -0.470. The van der Waals surface area contributed by atoms with Crippen LogP contribution in [0.25, 0.3) is 0 Å². The maximum absolute atomic E-state index is 12.9. The highest BCUT2D eigenvalue weighted by Gasteiger charge is 2.34. The molecule has 2 amide bonds. The van der Waals surface area contributed by atoms with Crippen LogP contribution >= 0.6 is 0 Å². The molecule has 6 heteroatoms. The quantitative estimate of drug-likeness (QED) is 0.911. The monoisotopic (exact) mass is 278 g/mol. The number of hydrogen-bond donors (Lipinski definition) is 1. The van der Waals surface area contributed by atoms with E-state index >= 15 is 0 Å². The van der Waals surface area contributed by atoms with E-state index in [1.807, 2.05) is 0 Å². The second-order valence-corrected chi connectivity index (χ2v) is 5.11. The van der Waals surface area contributed by atoms with E-state index in [2.05, 4.69) is 5.32 Å². The van der Waals surface area contributed by atoms with Gasteiger partial charge in [-0.2, -0.15) is 0 Å². The van der Waals surface area contributed by atoms with Crippen molar-refractivity contribution in [2.24, 2.45) is 5.92 Å². The average molecular weight is 278 g/mol. The van der Waals surface area contributed by atoms with Crippen LogP contribution in [0.3, 0.4) is 0 Å². The zero-order valence-electron chi connectivity index (χ0n) is 10.8. The summed E-state index contributed by atoms with van der Waals surface area (Å²) in [5, 5.41) is 2.79. The predicted octanol–water partition coefficient (Wildman–Crippen LogP) is 1.68. The van der Waals surface area contributed by atoms with Crippen LogP contribution in [-0.2, 0) is 9.53 Å². The van der Waals surface area contributed by atoms with Gasteiger partial charge in [0.05, 0.1) is 13.1 Å². The average Bonchev–Trinajstić information content (AvgIpc) is 3.21. The van der Waals surface area contributed by atoms with E-state index in [0.29, 0.717) is 18.8 Å². The number of halogens is 1. The first-order valence-electron chi connectivity index (χ1n) is 6.65. The molecule has 2 aliphatic rings. The van der Waals surface area contributed by atoms with E-state index in [9.17, 15) is 14.0 Å². The highest BCUT2D eigenvalue weighted by Crippen LogP contribution is 2.29. The summed E-state index contributed by atoms with van der Waals surface area (Å²) in [4.78, 5) is 24.7. The molecule has 0 spiro atoms. The third-order valence-electron chi connectivity index (χ3n) is 3.46. The summed E-state index contributed by atoms with van der Waals surface area (Å²) in [5.41, 5.74) is 0.590. The lowest BCUT2D eigenvalue weighted by molar-refractivity contribution is -0.122. The largest absolute Gasteiger partial charge is 0.442 e. The van der Waals surface area contributed by atoms with Crippen molar-refractivity contribution in [2.75, 3.05) is 18.0 Å². The Morgan fingerprint density at radius 1 is 1.35 bits per heavy atom. The minimum Gasteiger partial charge on any atom is -0.442 e. The number of carbonyl (C=O) groups is 2.